The van der Waals surface area contributed by atoms with E-state index in [2.05, 4.69) is 24.1 Å². The molecule has 0 aliphatic carbocycles. The van der Waals surface area contributed by atoms with Crippen LogP contribution in [0.4, 0.5) is 4.39 Å². The van der Waals surface area contributed by atoms with Crippen LogP contribution in [0.3, 0.4) is 0 Å². The lowest BCUT2D eigenvalue weighted by atomic mass is 10.1. The number of nitrogens with one attached hydrogen (secondary N) is 1. The molecule has 3 nitrogen and oxygen atoms in total. The van der Waals surface area contributed by atoms with Gasteiger partial charge in [-0.05, 0) is 43.1 Å². The van der Waals surface area contributed by atoms with Gasteiger partial charge >= 0.3 is 0 Å². The third-order valence-electron chi connectivity index (χ3n) is 3.22. The van der Waals surface area contributed by atoms with Crippen molar-refractivity contribution in [1.29, 1.82) is 0 Å². The number of aromatic nitrogens is 1. The maximum absolute atomic E-state index is 14.0. The summed E-state index contributed by atoms with van der Waals surface area (Å²) in [4.78, 5) is 4.46. The minimum absolute atomic E-state index is 0.207. The molecule has 1 aromatic carbocycles. The summed E-state index contributed by atoms with van der Waals surface area (Å²) in [6, 6.07) is 8.98. The molecule has 0 aliphatic heterocycles. The van der Waals surface area contributed by atoms with Gasteiger partial charge < -0.3 is 10.1 Å². The first kappa shape index (κ1) is 15.4. The summed E-state index contributed by atoms with van der Waals surface area (Å²) in [5, 5.41) is 3.10. The standard InChI is InChI=1S/C17H21FN2O/c1-11(2)14-8-13(10-19-4)9-16(20-14)21-15-7-5-6-12(3)17(15)18/h5-9,11,19H,10H2,1-4H3. The highest BCUT2D eigenvalue weighted by Gasteiger charge is 2.11. The molecular formula is C17H21FN2O. The van der Waals surface area contributed by atoms with E-state index in [0.717, 1.165) is 17.8 Å². The fourth-order valence-corrected chi connectivity index (χ4v) is 2.05. The van der Waals surface area contributed by atoms with Crippen molar-refractivity contribution in [2.45, 2.75) is 33.2 Å². The lowest BCUT2D eigenvalue weighted by molar-refractivity contribution is 0.422. The van der Waals surface area contributed by atoms with Crippen molar-refractivity contribution in [2.75, 3.05) is 7.05 Å². The van der Waals surface area contributed by atoms with E-state index in [0.29, 0.717) is 11.4 Å². The number of ether oxygens (including phenoxy) is 1. The molecule has 0 aliphatic rings. The van der Waals surface area contributed by atoms with Crippen LogP contribution in [0, 0.1) is 12.7 Å². The third-order valence-corrected chi connectivity index (χ3v) is 3.22. The summed E-state index contributed by atoms with van der Waals surface area (Å²) in [6.45, 7) is 6.58. The van der Waals surface area contributed by atoms with Crippen LogP contribution < -0.4 is 10.1 Å². The molecule has 2 aromatic rings. The van der Waals surface area contributed by atoms with Crippen LogP contribution in [0.15, 0.2) is 30.3 Å². The second kappa shape index (κ2) is 6.68. The molecule has 0 saturated carbocycles. The average Bonchev–Trinajstić information content (AvgIpc) is 2.44. The van der Waals surface area contributed by atoms with Crippen LogP contribution >= 0.6 is 0 Å². The lowest BCUT2D eigenvalue weighted by Crippen LogP contribution is -2.07. The van der Waals surface area contributed by atoms with Gasteiger partial charge in [-0.1, -0.05) is 26.0 Å². The second-order valence-corrected chi connectivity index (χ2v) is 5.41. The zero-order valence-electron chi connectivity index (χ0n) is 12.9. The predicted molar refractivity (Wildman–Crippen MR) is 82.3 cm³/mol. The first-order chi connectivity index (χ1) is 10.0. The number of benzene rings is 1. The average molecular weight is 288 g/mol. The molecule has 0 radical (unpaired) electrons. The van der Waals surface area contributed by atoms with Crippen molar-refractivity contribution >= 4 is 0 Å². The lowest BCUT2D eigenvalue weighted by Gasteiger charge is -2.12. The van der Waals surface area contributed by atoms with Crippen molar-refractivity contribution in [1.82, 2.24) is 10.3 Å². The number of hydrogen-bond acceptors (Lipinski definition) is 3. The van der Waals surface area contributed by atoms with Crippen LogP contribution in [-0.2, 0) is 6.54 Å². The van der Waals surface area contributed by atoms with Gasteiger partial charge in [-0.3, -0.25) is 0 Å². The molecular weight excluding hydrogens is 267 g/mol. The Morgan fingerprint density at radius 3 is 2.71 bits per heavy atom. The van der Waals surface area contributed by atoms with Crippen molar-refractivity contribution < 1.29 is 9.13 Å². The van der Waals surface area contributed by atoms with E-state index in [1.165, 1.54) is 0 Å². The van der Waals surface area contributed by atoms with E-state index in [1.807, 2.05) is 19.2 Å². The van der Waals surface area contributed by atoms with Gasteiger partial charge in [-0.2, -0.15) is 0 Å². The zero-order chi connectivity index (χ0) is 15.4. The molecule has 0 bridgehead atoms. The van der Waals surface area contributed by atoms with Gasteiger partial charge in [0.15, 0.2) is 11.6 Å². The number of rotatable bonds is 5. The van der Waals surface area contributed by atoms with Gasteiger partial charge in [0.2, 0.25) is 5.88 Å². The highest BCUT2D eigenvalue weighted by atomic mass is 19.1. The summed E-state index contributed by atoms with van der Waals surface area (Å²) in [7, 11) is 1.89. The van der Waals surface area contributed by atoms with E-state index in [4.69, 9.17) is 4.74 Å². The maximum Gasteiger partial charge on any atom is 0.219 e. The molecule has 0 saturated heterocycles. The Bertz CT molecular complexity index is 626. The Morgan fingerprint density at radius 1 is 1.29 bits per heavy atom. The van der Waals surface area contributed by atoms with Gasteiger partial charge in [0.1, 0.15) is 0 Å². The van der Waals surface area contributed by atoms with Crippen LogP contribution in [0.2, 0.25) is 0 Å². The van der Waals surface area contributed by atoms with Gasteiger partial charge in [0.25, 0.3) is 0 Å². The van der Waals surface area contributed by atoms with Crippen LogP contribution in [-0.4, -0.2) is 12.0 Å². The first-order valence-corrected chi connectivity index (χ1v) is 7.09. The van der Waals surface area contributed by atoms with Gasteiger partial charge in [0, 0.05) is 18.3 Å². The third kappa shape index (κ3) is 3.79. The van der Waals surface area contributed by atoms with Crippen molar-refractivity contribution in [2.24, 2.45) is 0 Å². The van der Waals surface area contributed by atoms with E-state index in [9.17, 15) is 4.39 Å². The molecule has 1 heterocycles. The first-order valence-electron chi connectivity index (χ1n) is 7.09. The van der Waals surface area contributed by atoms with E-state index in [-0.39, 0.29) is 17.5 Å². The number of nitrogens with zero attached hydrogens (tertiary/aromatic N) is 1. The molecule has 0 fully saturated rings. The fraction of sp³-hybridized carbons (Fsp3) is 0.353. The number of halogens is 1. The molecule has 0 spiro atoms. The smallest absolute Gasteiger partial charge is 0.219 e. The molecule has 4 heteroatoms. The predicted octanol–water partition coefficient (Wildman–Crippen LogP) is 4.16. The van der Waals surface area contributed by atoms with Gasteiger partial charge in [-0.15, -0.1) is 0 Å². The molecule has 0 atom stereocenters. The topological polar surface area (TPSA) is 34.1 Å². The molecule has 1 N–H and O–H groups in total. The largest absolute Gasteiger partial charge is 0.436 e. The monoisotopic (exact) mass is 288 g/mol. The van der Waals surface area contributed by atoms with Crippen molar-refractivity contribution in [3.63, 3.8) is 0 Å². The van der Waals surface area contributed by atoms with Gasteiger partial charge in [0.05, 0.1) is 0 Å². The number of pyridine rings is 1. The molecule has 112 valence electrons. The van der Waals surface area contributed by atoms with E-state index in [1.54, 1.807) is 25.1 Å². The summed E-state index contributed by atoms with van der Waals surface area (Å²) < 4.78 is 19.7. The van der Waals surface area contributed by atoms with Crippen molar-refractivity contribution in [3.05, 3.63) is 53.0 Å². The SMILES string of the molecule is CNCc1cc(Oc2cccc(C)c2F)nc(C(C)C)c1. The Kier molecular flexibility index (Phi) is 4.91. The Morgan fingerprint density at radius 2 is 2.05 bits per heavy atom. The van der Waals surface area contributed by atoms with E-state index < -0.39 is 0 Å². The second-order valence-electron chi connectivity index (χ2n) is 5.41. The van der Waals surface area contributed by atoms with Crippen LogP contribution in [0.25, 0.3) is 0 Å². The highest BCUT2D eigenvalue weighted by molar-refractivity contribution is 5.35. The minimum atomic E-state index is -0.343. The van der Waals surface area contributed by atoms with Crippen LogP contribution in [0.5, 0.6) is 11.6 Å². The molecule has 2 rings (SSSR count). The van der Waals surface area contributed by atoms with Crippen molar-refractivity contribution in [3.8, 4) is 11.6 Å². The van der Waals surface area contributed by atoms with Gasteiger partial charge in [-0.25, -0.2) is 9.37 Å². The Labute approximate surface area is 125 Å². The highest BCUT2D eigenvalue weighted by Crippen LogP contribution is 2.27. The zero-order valence-corrected chi connectivity index (χ0v) is 12.9. The molecule has 21 heavy (non-hydrogen) atoms. The molecule has 0 amide bonds. The summed E-state index contributed by atoms with van der Waals surface area (Å²) in [5.41, 5.74) is 2.56. The summed E-state index contributed by atoms with van der Waals surface area (Å²) >= 11 is 0. The quantitative estimate of drug-likeness (QED) is 0.897. The van der Waals surface area contributed by atoms with Crippen LogP contribution in [0.1, 0.15) is 36.6 Å². The normalized spacial score (nSPS) is 11.0. The maximum atomic E-state index is 14.0. The summed E-state index contributed by atoms with van der Waals surface area (Å²) in [6.07, 6.45) is 0. The Balaban J connectivity index is 2.36. The molecule has 1 aromatic heterocycles. The minimum Gasteiger partial charge on any atom is -0.436 e. The number of hydrogen-bond donors (Lipinski definition) is 1. The summed E-state index contributed by atoms with van der Waals surface area (Å²) in [5.74, 6) is 0.575. The number of aryl methyl sites for hydroxylation is 1. The van der Waals surface area contributed by atoms with E-state index >= 15 is 0 Å². The Hall–Kier alpha value is -1.94. The molecule has 0 unspecified atom stereocenters. The fourth-order valence-electron chi connectivity index (χ4n) is 2.05.